The van der Waals surface area contributed by atoms with Gasteiger partial charge in [0.05, 0.1) is 11.9 Å². The van der Waals surface area contributed by atoms with E-state index in [9.17, 15) is 22.8 Å². The van der Waals surface area contributed by atoms with Gasteiger partial charge in [-0.2, -0.15) is 8.42 Å². The number of ether oxygens (including phenoxy) is 2. The topological polar surface area (TPSA) is 137 Å². The Kier molecular flexibility index (Phi) is 12.5. The van der Waals surface area contributed by atoms with E-state index in [1.165, 1.54) is 23.9 Å². The fourth-order valence-corrected chi connectivity index (χ4v) is 7.30. The summed E-state index contributed by atoms with van der Waals surface area (Å²) in [7, 11) is -3.29. The van der Waals surface area contributed by atoms with E-state index in [1.807, 2.05) is 91.0 Å². The van der Waals surface area contributed by atoms with Crippen LogP contribution < -0.4 is 10.6 Å². The normalized spacial score (nSPS) is 12.7. The maximum absolute atomic E-state index is 14.0. The average Bonchev–Trinajstić information content (AvgIpc) is 3.10. The Morgan fingerprint density at radius 3 is 1.70 bits per heavy atom. The van der Waals surface area contributed by atoms with Crippen LogP contribution in [-0.2, 0) is 38.1 Å². The highest BCUT2D eigenvalue weighted by molar-refractivity contribution is 8.00. The predicted molar refractivity (Wildman–Crippen MR) is 193 cm³/mol. The van der Waals surface area contributed by atoms with E-state index in [2.05, 4.69) is 10.6 Å². The number of hydrogen-bond acceptors (Lipinski definition) is 9. The first-order chi connectivity index (χ1) is 23.7. The Morgan fingerprint density at radius 2 is 1.26 bits per heavy atom. The average molecular weight is 717 g/mol. The number of amides is 2. The molecule has 0 heterocycles. The molecule has 0 aliphatic heterocycles. The monoisotopic (exact) mass is 716 g/mol. The van der Waals surface area contributed by atoms with E-state index >= 15 is 0 Å². The summed E-state index contributed by atoms with van der Waals surface area (Å²) in [5, 5.41) is 5.03. The van der Waals surface area contributed by atoms with E-state index in [0.29, 0.717) is 6.26 Å². The van der Waals surface area contributed by atoms with E-state index in [-0.39, 0.29) is 10.6 Å². The lowest BCUT2D eigenvalue weighted by atomic mass is 9.84. The van der Waals surface area contributed by atoms with Gasteiger partial charge >= 0.3 is 22.2 Å². The van der Waals surface area contributed by atoms with Crippen LogP contribution >= 0.6 is 11.8 Å². The molecule has 4 rings (SSSR count). The van der Waals surface area contributed by atoms with Crippen LogP contribution in [0.5, 0.6) is 0 Å². The van der Waals surface area contributed by atoms with Crippen molar-refractivity contribution < 1.29 is 36.5 Å². The molecular weight excluding hydrogens is 677 g/mol. The maximum Gasteiger partial charge on any atom is 0.408 e. The number of rotatable bonds is 13. The van der Waals surface area contributed by atoms with Gasteiger partial charge in [0.2, 0.25) is 5.91 Å². The Bertz CT molecular complexity index is 1800. The highest BCUT2D eigenvalue weighted by atomic mass is 32.2. The van der Waals surface area contributed by atoms with Crippen molar-refractivity contribution in [2.24, 2.45) is 0 Å². The van der Waals surface area contributed by atoms with Gasteiger partial charge < -0.3 is 24.3 Å². The molecule has 0 radical (unpaired) electrons. The minimum atomic E-state index is -4.36. The van der Waals surface area contributed by atoms with Crippen molar-refractivity contribution in [2.75, 3.05) is 12.9 Å². The molecule has 0 saturated carbocycles. The van der Waals surface area contributed by atoms with Gasteiger partial charge in [0, 0.05) is 5.75 Å². The van der Waals surface area contributed by atoms with Crippen molar-refractivity contribution in [1.82, 2.24) is 10.6 Å². The van der Waals surface area contributed by atoms with Crippen molar-refractivity contribution >= 4 is 39.8 Å². The molecule has 4 aromatic rings. The lowest BCUT2D eigenvalue weighted by Gasteiger charge is -2.36. The molecule has 4 aromatic carbocycles. The largest absolute Gasteiger partial charge is 0.464 e. The molecule has 12 heteroatoms. The molecule has 50 heavy (non-hydrogen) atoms. The number of alkyl carbamates (subject to hydrolysis) is 1. The third-order valence-electron chi connectivity index (χ3n) is 7.28. The summed E-state index contributed by atoms with van der Waals surface area (Å²) in [5.41, 5.74) is 2.11. The lowest BCUT2D eigenvalue weighted by Crippen LogP contribution is -2.50. The minimum absolute atomic E-state index is 0.0270. The quantitative estimate of drug-likeness (QED) is 0.0526. The van der Waals surface area contributed by atoms with Gasteiger partial charge in [-0.3, -0.25) is 4.79 Å². The summed E-state index contributed by atoms with van der Waals surface area (Å²) in [5.74, 6) is -1.95. The third-order valence-corrected chi connectivity index (χ3v) is 10.1. The Balaban J connectivity index is 1.73. The molecule has 2 N–H and O–H groups in total. The Hall–Kier alpha value is -5.07. The molecule has 0 aromatic heterocycles. The van der Waals surface area contributed by atoms with Crippen LogP contribution in [0.1, 0.15) is 43.0 Å². The SMILES string of the molecule is COC(=O)/C(=C/OS(=O)(=O)c1ccc(C)cc1)NC(=O)[C@H](CSC(c1ccccc1)(c1ccccc1)c1ccccc1)NC(=O)OC(C)(C)C. The van der Waals surface area contributed by atoms with Gasteiger partial charge in [-0.1, -0.05) is 109 Å². The predicted octanol–water partition coefficient (Wildman–Crippen LogP) is 6.45. The number of carbonyl (C=O) groups excluding carboxylic acids is 3. The maximum atomic E-state index is 14.0. The Morgan fingerprint density at radius 1 is 0.780 bits per heavy atom. The molecule has 10 nitrogen and oxygen atoms in total. The molecular formula is C38H40N2O8S2. The van der Waals surface area contributed by atoms with Crippen LogP contribution in [0.15, 0.2) is 132 Å². The van der Waals surface area contributed by atoms with Crippen LogP contribution in [0, 0.1) is 6.92 Å². The molecule has 0 aliphatic rings. The van der Waals surface area contributed by atoms with Crippen molar-refractivity contribution in [3.63, 3.8) is 0 Å². The Labute approximate surface area is 297 Å². The van der Waals surface area contributed by atoms with Gasteiger partial charge in [0.25, 0.3) is 0 Å². The number of thioether (sulfide) groups is 1. The molecule has 1 atom stereocenters. The number of nitrogens with one attached hydrogen (secondary N) is 2. The second kappa shape index (κ2) is 16.6. The molecule has 0 fully saturated rings. The van der Waals surface area contributed by atoms with Gasteiger partial charge in [0.1, 0.15) is 22.8 Å². The zero-order valence-electron chi connectivity index (χ0n) is 28.4. The summed E-state index contributed by atoms with van der Waals surface area (Å²) >= 11 is 1.39. The second-order valence-corrected chi connectivity index (χ2v) is 15.0. The third kappa shape index (κ3) is 9.76. The molecule has 262 valence electrons. The summed E-state index contributed by atoms with van der Waals surface area (Å²) in [6, 6.07) is 33.9. The van der Waals surface area contributed by atoms with Crippen molar-refractivity contribution in [3.8, 4) is 0 Å². The van der Waals surface area contributed by atoms with Crippen LogP contribution in [0.4, 0.5) is 4.79 Å². The van der Waals surface area contributed by atoms with Crippen LogP contribution in [0.2, 0.25) is 0 Å². The fraction of sp³-hybridized carbons (Fsp3) is 0.237. The zero-order chi connectivity index (χ0) is 36.4. The summed E-state index contributed by atoms with van der Waals surface area (Å²) in [4.78, 5) is 39.7. The highest BCUT2D eigenvalue weighted by Gasteiger charge is 2.39. The smallest absolute Gasteiger partial charge is 0.408 e. The molecule has 0 bridgehead atoms. The number of hydrogen-bond donors (Lipinski definition) is 2. The van der Waals surface area contributed by atoms with Crippen molar-refractivity contribution in [1.29, 1.82) is 0 Å². The fourth-order valence-electron chi connectivity index (χ4n) is 4.94. The van der Waals surface area contributed by atoms with Crippen molar-refractivity contribution in [2.45, 2.75) is 49.0 Å². The van der Waals surface area contributed by atoms with Gasteiger partial charge in [-0.25, -0.2) is 9.59 Å². The van der Waals surface area contributed by atoms with E-state index < -0.39 is 50.2 Å². The number of methoxy groups -OCH3 is 1. The number of benzene rings is 4. The van der Waals surface area contributed by atoms with Crippen molar-refractivity contribution in [3.05, 3.63) is 149 Å². The number of esters is 1. The van der Waals surface area contributed by atoms with Crippen LogP contribution in [0.25, 0.3) is 0 Å². The minimum Gasteiger partial charge on any atom is -0.464 e. The molecule has 0 aliphatic carbocycles. The van der Waals surface area contributed by atoms with E-state index in [0.717, 1.165) is 29.4 Å². The van der Waals surface area contributed by atoms with E-state index in [4.69, 9.17) is 13.7 Å². The highest BCUT2D eigenvalue weighted by Crippen LogP contribution is 2.48. The molecule has 0 unspecified atom stereocenters. The summed E-state index contributed by atoms with van der Waals surface area (Å²) in [6.07, 6.45) is -0.275. The van der Waals surface area contributed by atoms with Gasteiger partial charge in [0.15, 0.2) is 5.70 Å². The first-order valence-electron chi connectivity index (χ1n) is 15.6. The summed E-state index contributed by atoms with van der Waals surface area (Å²) in [6.45, 7) is 6.86. The first-order valence-corrected chi connectivity index (χ1v) is 18.0. The molecule has 0 saturated heterocycles. The first kappa shape index (κ1) is 37.7. The van der Waals surface area contributed by atoms with Gasteiger partial charge in [-0.15, -0.1) is 11.8 Å². The van der Waals surface area contributed by atoms with E-state index in [1.54, 1.807) is 39.8 Å². The lowest BCUT2D eigenvalue weighted by molar-refractivity contribution is -0.138. The molecule has 0 spiro atoms. The number of carbonyl (C=O) groups is 3. The zero-order valence-corrected chi connectivity index (χ0v) is 30.0. The van der Waals surface area contributed by atoms with Crippen LogP contribution in [-0.4, -0.2) is 50.9 Å². The molecule has 2 amide bonds. The van der Waals surface area contributed by atoms with Gasteiger partial charge in [-0.05, 0) is 56.5 Å². The number of aryl methyl sites for hydroxylation is 1. The summed E-state index contributed by atoms with van der Waals surface area (Å²) < 4.78 is 40.2. The standard InChI is InChI=1S/C38H40N2O8S2/c1-27-21-23-31(24-22-27)50(44,45)47-25-32(35(42)46-5)39-34(41)33(40-36(43)48-37(2,3)4)26-49-38(28-15-9-6-10-16-28,29-17-11-7-12-18-29)30-19-13-8-14-20-30/h6-25,33H,26H2,1-5H3,(H,39,41)(H,40,43)/b32-25-/t33-/m0/s1. The second-order valence-electron chi connectivity index (χ2n) is 12.2. The van der Waals surface area contributed by atoms with Crippen LogP contribution in [0.3, 0.4) is 0 Å².